The maximum Gasteiger partial charge on any atom is 0.267 e. The number of halogens is 1. The van der Waals surface area contributed by atoms with Gasteiger partial charge >= 0.3 is 0 Å². The Labute approximate surface area is 114 Å². The van der Waals surface area contributed by atoms with E-state index in [0.717, 1.165) is 5.56 Å². The van der Waals surface area contributed by atoms with Gasteiger partial charge in [0.15, 0.2) is 0 Å². The van der Waals surface area contributed by atoms with Gasteiger partial charge in [0.25, 0.3) is 5.91 Å². The standard InChI is InChI=1S/C13H12ClNO2S/c1-8-7-18-12(11(8)14)13(17)15-10-5-3-2-4-9(10)6-16/h2-5,7,16H,6H2,1H3,(H,15,17). The van der Waals surface area contributed by atoms with Crippen molar-refractivity contribution in [3.05, 3.63) is 50.7 Å². The first kappa shape index (κ1) is 13.1. The van der Waals surface area contributed by atoms with Gasteiger partial charge in [0.05, 0.1) is 11.6 Å². The molecular weight excluding hydrogens is 270 g/mol. The summed E-state index contributed by atoms with van der Waals surface area (Å²) in [4.78, 5) is 12.5. The van der Waals surface area contributed by atoms with Crippen LogP contribution in [0.1, 0.15) is 20.8 Å². The van der Waals surface area contributed by atoms with Crippen molar-refractivity contribution >= 4 is 34.5 Å². The molecule has 0 fully saturated rings. The first-order chi connectivity index (χ1) is 8.63. The minimum absolute atomic E-state index is 0.117. The highest BCUT2D eigenvalue weighted by Crippen LogP contribution is 2.28. The summed E-state index contributed by atoms with van der Waals surface area (Å²) in [6, 6.07) is 7.12. The molecule has 1 aromatic heterocycles. The van der Waals surface area contributed by atoms with Gasteiger partial charge in [-0.1, -0.05) is 29.8 Å². The second-order valence-corrected chi connectivity index (χ2v) is 5.09. The molecule has 0 radical (unpaired) electrons. The summed E-state index contributed by atoms with van der Waals surface area (Å²) in [6.45, 7) is 1.74. The number of para-hydroxylation sites is 1. The molecule has 94 valence electrons. The molecule has 2 rings (SSSR count). The lowest BCUT2D eigenvalue weighted by atomic mass is 10.2. The first-order valence-electron chi connectivity index (χ1n) is 5.37. The summed E-state index contributed by atoms with van der Waals surface area (Å²) in [5.41, 5.74) is 2.17. The second kappa shape index (κ2) is 5.52. The fourth-order valence-electron chi connectivity index (χ4n) is 1.54. The molecule has 0 bridgehead atoms. The molecule has 0 aliphatic rings. The average molecular weight is 282 g/mol. The number of benzene rings is 1. The van der Waals surface area contributed by atoms with Crippen LogP contribution in [0.4, 0.5) is 5.69 Å². The summed E-state index contributed by atoms with van der Waals surface area (Å²) in [6.07, 6.45) is 0. The van der Waals surface area contributed by atoms with Crippen LogP contribution in [0.15, 0.2) is 29.6 Å². The van der Waals surface area contributed by atoms with E-state index in [2.05, 4.69) is 5.32 Å². The maximum absolute atomic E-state index is 12.0. The molecular formula is C13H12ClNO2S. The highest BCUT2D eigenvalue weighted by molar-refractivity contribution is 7.13. The molecule has 0 saturated heterocycles. The highest BCUT2D eigenvalue weighted by atomic mass is 35.5. The lowest BCUT2D eigenvalue weighted by Gasteiger charge is -2.08. The van der Waals surface area contributed by atoms with Crippen LogP contribution in [0.3, 0.4) is 0 Å². The SMILES string of the molecule is Cc1csc(C(=O)Nc2ccccc2CO)c1Cl. The largest absolute Gasteiger partial charge is 0.392 e. The Hall–Kier alpha value is -1.36. The molecule has 0 aliphatic heterocycles. The van der Waals surface area contributed by atoms with Crippen LogP contribution in [0.2, 0.25) is 5.02 Å². The molecule has 18 heavy (non-hydrogen) atoms. The minimum Gasteiger partial charge on any atom is -0.392 e. The molecule has 0 spiro atoms. The number of amides is 1. The summed E-state index contributed by atoms with van der Waals surface area (Å²) in [7, 11) is 0. The molecule has 0 unspecified atom stereocenters. The number of thiophene rings is 1. The molecule has 0 aliphatic carbocycles. The van der Waals surface area contributed by atoms with Gasteiger partial charge in [-0.3, -0.25) is 4.79 Å². The number of hydrogen-bond acceptors (Lipinski definition) is 3. The van der Waals surface area contributed by atoms with Crippen molar-refractivity contribution in [2.75, 3.05) is 5.32 Å². The Morgan fingerprint density at radius 1 is 1.44 bits per heavy atom. The number of aryl methyl sites for hydroxylation is 1. The Bertz CT molecular complexity index is 580. The molecule has 0 saturated carbocycles. The minimum atomic E-state index is -0.251. The predicted molar refractivity (Wildman–Crippen MR) is 74.4 cm³/mol. The third-order valence-electron chi connectivity index (χ3n) is 2.54. The van der Waals surface area contributed by atoms with E-state index in [-0.39, 0.29) is 12.5 Å². The topological polar surface area (TPSA) is 49.3 Å². The normalized spacial score (nSPS) is 10.4. The number of carbonyl (C=O) groups excluding carboxylic acids is 1. The third kappa shape index (κ3) is 2.56. The van der Waals surface area contributed by atoms with E-state index in [1.165, 1.54) is 11.3 Å². The van der Waals surface area contributed by atoms with E-state index in [1.807, 2.05) is 18.4 Å². The molecule has 0 atom stereocenters. The van der Waals surface area contributed by atoms with Crippen LogP contribution in [0.5, 0.6) is 0 Å². The van der Waals surface area contributed by atoms with Crippen molar-refractivity contribution in [2.24, 2.45) is 0 Å². The highest BCUT2D eigenvalue weighted by Gasteiger charge is 2.15. The van der Waals surface area contributed by atoms with Crippen molar-refractivity contribution in [3.8, 4) is 0 Å². The fourth-order valence-corrected chi connectivity index (χ4v) is 2.72. The fraction of sp³-hybridized carbons (Fsp3) is 0.154. The predicted octanol–water partition coefficient (Wildman–Crippen LogP) is 3.45. The molecule has 2 N–H and O–H groups in total. The summed E-state index contributed by atoms with van der Waals surface area (Å²) >= 11 is 7.35. The third-order valence-corrected chi connectivity index (χ3v) is 4.24. The number of aliphatic hydroxyl groups is 1. The van der Waals surface area contributed by atoms with Gasteiger partial charge in [-0.2, -0.15) is 0 Å². The van der Waals surface area contributed by atoms with Gasteiger partial charge in [-0.05, 0) is 23.9 Å². The average Bonchev–Trinajstić information content (AvgIpc) is 2.71. The number of carbonyl (C=O) groups is 1. The van der Waals surface area contributed by atoms with E-state index in [0.29, 0.717) is 21.2 Å². The van der Waals surface area contributed by atoms with Crippen LogP contribution in [0.25, 0.3) is 0 Å². The molecule has 1 amide bonds. The zero-order valence-electron chi connectivity index (χ0n) is 9.74. The maximum atomic E-state index is 12.0. The molecule has 1 heterocycles. The van der Waals surface area contributed by atoms with E-state index in [1.54, 1.807) is 18.2 Å². The van der Waals surface area contributed by atoms with Crippen LogP contribution >= 0.6 is 22.9 Å². The first-order valence-corrected chi connectivity index (χ1v) is 6.63. The van der Waals surface area contributed by atoms with E-state index in [9.17, 15) is 9.90 Å². The zero-order chi connectivity index (χ0) is 13.1. The Kier molecular flexibility index (Phi) is 4.01. The molecule has 3 nitrogen and oxygen atoms in total. The van der Waals surface area contributed by atoms with Crippen molar-refractivity contribution in [2.45, 2.75) is 13.5 Å². The summed E-state index contributed by atoms with van der Waals surface area (Å²) < 4.78 is 0. The van der Waals surface area contributed by atoms with Crippen molar-refractivity contribution in [1.82, 2.24) is 0 Å². The summed E-state index contributed by atoms with van der Waals surface area (Å²) in [5.74, 6) is -0.251. The monoisotopic (exact) mass is 281 g/mol. The Morgan fingerprint density at radius 2 is 2.17 bits per heavy atom. The number of nitrogens with one attached hydrogen (secondary N) is 1. The van der Waals surface area contributed by atoms with Gasteiger partial charge < -0.3 is 10.4 Å². The molecule has 5 heteroatoms. The van der Waals surface area contributed by atoms with Crippen LogP contribution < -0.4 is 5.32 Å². The van der Waals surface area contributed by atoms with Crippen LogP contribution in [-0.2, 0) is 6.61 Å². The van der Waals surface area contributed by atoms with Crippen molar-refractivity contribution in [1.29, 1.82) is 0 Å². The Balaban J connectivity index is 2.24. The van der Waals surface area contributed by atoms with Crippen molar-refractivity contribution < 1.29 is 9.90 Å². The number of rotatable bonds is 3. The lowest BCUT2D eigenvalue weighted by molar-refractivity contribution is 0.103. The summed E-state index contributed by atoms with van der Waals surface area (Å²) in [5, 5.41) is 14.3. The van der Waals surface area contributed by atoms with E-state index >= 15 is 0 Å². The van der Waals surface area contributed by atoms with Gasteiger partial charge in [-0.25, -0.2) is 0 Å². The quantitative estimate of drug-likeness (QED) is 0.905. The van der Waals surface area contributed by atoms with Gasteiger partial charge in [-0.15, -0.1) is 11.3 Å². The van der Waals surface area contributed by atoms with E-state index < -0.39 is 0 Å². The van der Waals surface area contributed by atoms with Crippen molar-refractivity contribution in [3.63, 3.8) is 0 Å². The van der Waals surface area contributed by atoms with E-state index in [4.69, 9.17) is 11.6 Å². The smallest absolute Gasteiger partial charge is 0.267 e. The number of aliphatic hydroxyl groups excluding tert-OH is 1. The van der Waals surface area contributed by atoms with Gasteiger partial charge in [0, 0.05) is 11.3 Å². The molecule has 2 aromatic rings. The second-order valence-electron chi connectivity index (χ2n) is 3.83. The Morgan fingerprint density at radius 3 is 2.78 bits per heavy atom. The number of hydrogen-bond donors (Lipinski definition) is 2. The lowest BCUT2D eigenvalue weighted by Crippen LogP contribution is -2.12. The molecule has 1 aromatic carbocycles. The van der Waals surface area contributed by atoms with Crippen LogP contribution in [0, 0.1) is 6.92 Å². The van der Waals surface area contributed by atoms with Gasteiger partial charge in [0.1, 0.15) is 4.88 Å². The zero-order valence-corrected chi connectivity index (χ0v) is 11.3. The van der Waals surface area contributed by atoms with Crippen LogP contribution in [-0.4, -0.2) is 11.0 Å². The number of anilines is 1. The van der Waals surface area contributed by atoms with Gasteiger partial charge in [0.2, 0.25) is 0 Å².